The maximum atomic E-state index is 12.6. The molecule has 0 spiro atoms. The van der Waals surface area contributed by atoms with E-state index in [1.807, 2.05) is 42.5 Å². The molecule has 0 unspecified atom stereocenters. The van der Waals surface area contributed by atoms with Gasteiger partial charge in [0.2, 0.25) is 5.75 Å². The first kappa shape index (κ1) is 31.5. The number of furan rings is 1. The predicted molar refractivity (Wildman–Crippen MR) is 173 cm³/mol. The number of rotatable bonds is 13. The molecule has 46 heavy (non-hydrogen) atoms. The van der Waals surface area contributed by atoms with E-state index >= 15 is 0 Å². The van der Waals surface area contributed by atoms with E-state index in [2.05, 4.69) is 46.4 Å². The minimum absolute atomic E-state index is 0.0809. The number of aryl methyl sites for hydroxylation is 2. The number of carbonyl (C=O) groups is 2. The SMILES string of the molecule is COc1cc(/C=N/NC(=O)c2ccc(COc3ccc(-n4c(C)ccc4C)cc3)o2)cc(OC)c1OCC(=O)Nc1ccccc1. The molecular weight excluding hydrogens is 588 g/mol. The normalized spacial score (nSPS) is 10.9. The van der Waals surface area contributed by atoms with Crippen molar-refractivity contribution in [3.8, 4) is 28.7 Å². The summed E-state index contributed by atoms with van der Waals surface area (Å²) >= 11 is 0. The lowest BCUT2D eigenvalue weighted by atomic mass is 10.2. The second-order valence-electron chi connectivity index (χ2n) is 10.2. The van der Waals surface area contributed by atoms with Gasteiger partial charge in [-0.05, 0) is 86.6 Å². The van der Waals surface area contributed by atoms with E-state index in [4.69, 9.17) is 23.4 Å². The Bertz CT molecular complexity index is 1780. The van der Waals surface area contributed by atoms with Crippen molar-refractivity contribution in [2.24, 2.45) is 5.10 Å². The van der Waals surface area contributed by atoms with Crippen molar-refractivity contribution in [1.29, 1.82) is 0 Å². The van der Waals surface area contributed by atoms with Crippen molar-refractivity contribution >= 4 is 23.7 Å². The molecule has 236 valence electrons. The Morgan fingerprint density at radius 1 is 0.848 bits per heavy atom. The van der Waals surface area contributed by atoms with Crippen LogP contribution in [0, 0.1) is 13.8 Å². The number of nitrogens with zero attached hydrogens (tertiary/aromatic N) is 2. The lowest BCUT2D eigenvalue weighted by molar-refractivity contribution is -0.118. The fourth-order valence-electron chi connectivity index (χ4n) is 4.69. The molecule has 0 atom stereocenters. The van der Waals surface area contributed by atoms with Crippen LogP contribution in [-0.2, 0) is 11.4 Å². The third-order valence-electron chi connectivity index (χ3n) is 6.90. The Morgan fingerprint density at radius 3 is 2.17 bits per heavy atom. The molecule has 11 heteroatoms. The molecule has 2 N–H and O–H groups in total. The number of methoxy groups -OCH3 is 2. The zero-order chi connectivity index (χ0) is 32.5. The van der Waals surface area contributed by atoms with E-state index in [0.29, 0.717) is 34.3 Å². The first-order chi connectivity index (χ1) is 22.3. The Balaban J connectivity index is 1.14. The average Bonchev–Trinajstić information content (AvgIpc) is 3.69. The van der Waals surface area contributed by atoms with Crippen molar-refractivity contribution in [2.75, 3.05) is 26.1 Å². The number of nitrogens with one attached hydrogen (secondary N) is 2. The third kappa shape index (κ3) is 7.75. The Kier molecular flexibility index (Phi) is 10.0. The molecule has 5 rings (SSSR count). The molecule has 11 nitrogen and oxygen atoms in total. The summed E-state index contributed by atoms with van der Waals surface area (Å²) in [5.74, 6) is 1.25. The van der Waals surface area contributed by atoms with Crippen molar-refractivity contribution in [3.63, 3.8) is 0 Å². The van der Waals surface area contributed by atoms with Gasteiger partial charge in [0.1, 0.15) is 18.1 Å². The molecule has 5 aromatic rings. The van der Waals surface area contributed by atoms with E-state index in [9.17, 15) is 9.59 Å². The fourth-order valence-corrected chi connectivity index (χ4v) is 4.69. The van der Waals surface area contributed by atoms with E-state index in [-0.39, 0.29) is 30.6 Å². The van der Waals surface area contributed by atoms with Gasteiger partial charge in [-0.3, -0.25) is 9.59 Å². The maximum Gasteiger partial charge on any atom is 0.307 e. The van der Waals surface area contributed by atoms with Crippen LogP contribution in [0.2, 0.25) is 0 Å². The van der Waals surface area contributed by atoms with Crippen LogP contribution in [0.15, 0.2) is 101 Å². The van der Waals surface area contributed by atoms with Crippen LogP contribution in [0.1, 0.15) is 33.3 Å². The van der Waals surface area contributed by atoms with Gasteiger partial charge in [0.05, 0.1) is 20.4 Å². The third-order valence-corrected chi connectivity index (χ3v) is 6.90. The highest BCUT2D eigenvalue weighted by molar-refractivity contribution is 5.93. The first-order valence-corrected chi connectivity index (χ1v) is 14.4. The van der Waals surface area contributed by atoms with Crippen LogP contribution in [0.5, 0.6) is 23.0 Å². The summed E-state index contributed by atoms with van der Waals surface area (Å²) in [4.78, 5) is 25.0. The van der Waals surface area contributed by atoms with E-state index in [1.165, 1.54) is 20.4 Å². The van der Waals surface area contributed by atoms with Crippen LogP contribution >= 0.6 is 0 Å². The smallest absolute Gasteiger partial charge is 0.307 e. The van der Waals surface area contributed by atoms with Crippen LogP contribution < -0.4 is 29.7 Å². The molecule has 0 saturated carbocycles. The maximum absolute atomic E-state index is 12.6. The standard InChI is InChI=1S/C35H34N4O7/c1-23-10-11-24(2)39(23)27-12-14-28(15-13-27)44-21-29-16-17-30(46-29)35(41)38-36-20-25-18-31(42-3)34(32(19-25)43-4)45-22-33(40)37-26-8-6-5-7-9-26/h5-20H,21-22H2,1-4H3,(H,37,40)(H,38,41)/b36-20+. The number of aromatic nitrogens is 1. The van der Waals surface area contributed by atoms with Crippen molar-refractivity contribution in [1.82, 2.24) is 9.99 Å². The first-order valence-electron chi connectivity index (χ1n) is 14.4. The monoisotopic (exact) mass is 622 g/mol. The quantitative estimate of drug-likeness (QED) is 0.121. The molecule has 0 aliphatic heterocycles. The Labute approximate surface area is 266 Å². The van der Waals surface area contributed by atoms with Gasteiger partial charge in [0.15, 0.2) is 23.9 Å². The van der Waals surface area contributed by atoms with Gasteiger partial charge in [-0.2, -0.15) is 5.10 Å². The van der Waals surface area contributed by atoms with Crippen LogP contribution in [-0.4, -0.2) is 43.4 Å². The van der Waals surface area contributed by atoms with Gasteiger partial charge in [-0.25, -0.2) is 5.43 Å². The Hall–Kier alpha value is -5.97. The second kappa shape index (κ2) is 14.7. The minimum atomic E-state index is -0.535. The molecule has 0 aliphatic rings. The number of hydrazone groups is 1. The Morgan fingerprint density at radius 2 is 1.52 bits per heavy atom. The number of amides is 2. The predicted octanol–water partition coefficient (Wildman–Crippen LogP) is 6.06. The number of hydrogen-bond donors (Lipinski definition) is 2. The summed E-state index contributed by atoms with van der Waals surface area (Å²) in [5.41, 5.74) is 7.01. The summed E-state index contributed by atoms with van der Waals surface area (Å²) in [6.45, 7) is 4.02. The largest absolute Gasteiger partial charge is 0.493 e. The van der Waals surface area contributed by atoms with Gasteiger partial charge < -0.3 is 33.2 Å². The van der Waals surface area contributed by atoms with Crippen molar-refractivity contribution in [2.45, 2.75) is 20.5 Å². The summed E-state index contributed by atoms with van der Waals surface area (Å²) in [6, 6.07) is 27.5. The lowest BCUT2D eigenvalue weighted by Gasteiger charge is -2.15. The van der Waals surface area contributed by atoms with Gasteiger partial charge in [-0.1, -0.05) is 18.2 Å². The fraction of sp³-hybridized carbons (Fsp3) is 0.171. The van der Waals surface area contributed by atoms with Gasteiger partial charge in [-0.15, -0.1) is 0 Å². The summed E-state index contributed by atoms with van der Waals surface area (Å²) in [7, 11) is 2.93. The zero-order valence-electron chi connectivity index (χ0n) is 25.9. The number of anilines is 1. The number of hydrogen-bond acceptors (Lipinski definition) is 8. The topological polar surface area (TPSA) is 126 Å². The van der Waals surface area contributed by atoms with Gasteiger partial charge in [0, 0.05) is 28.3 Å². The zero-order valence-corrected chi connectivity index (χ0v) is 25.9. The molecule has 0 radical (unpaired) electrons. The van der Waals surface area contributed by atoms with Crippen LogP contribution in [0.4, 0.5) is 5.69 Å². The van der Waals surface area contributed by atoms with E-state index < -0.39 is 5.91 Å². The molecule has 0 bridgehead atoms. The van der Waals surface area contributed by atoms with Gasteiger partial charge >= 0.3 is 5.91 Å². The summed E-state index contributed by atoms with van der Waals surface area (Å²) in [6.07, 6.45) is 1.42. The number of ether oxygens (including phenoxy) is 4. The summed E-state index contributed by atoms with van der Waals surface area (Å²) < 4.78 is 30.3. The number of benzene rings is 3. The highest BCUT2D eigenvalue weighted by Crippen LogP contribution is 2.38. The lowest BCUT2D eigenvalue weighted by Crippen LogP contribution is -2.20. The average molecular weight is 623 g/mol. The molecule has 2 aromatic heterocycles. The molecule has 0 saturated heterocycles. The van der Waals surface area contributed by atoms with Crippen molar-refractivity contribution < 1.29 is 33.0 Å². The molecule has 2 amide bonds. The molecule has 0 aliphatic carbocycles. The van der Waals surface area contributed by atoms with E-state index in [1.54, 1.807) is 36.4 Å². The number of carbonyl (C=O) groups excluding carboxylic acids is 2. The number of para-hydroxylation sites is 1. The van der Waals surface area contributed by atoms with Crippen molar-refractivity contribution in [3.05, 3.63) is 119 Å². The van der Waals surface area contributed by atoms with Gasteiger partial charge in [0.25, 0.3) is 5.91 Å². The molecule has 0 fully saturated rings. The molecule has 2 heterocycles. The highest BCUT2D eigenvalue weighted by atomic mass is 16.5. The molecular formula is C35H34N4O7. The van der Waals surface area contributed by atoms with Crippen LogP contribution in [0.3, 0.4) is 0 Å². The van der Waals surface area contributed by atoms with E-state index in [0.717, 1.165) is 17.1 Å². The summed E-state index contributed by atoms with van der Waals surface area (Å²) in [5, 5.41) is 6.78. The minimum Gasteiger partial charge on any atom is -0.493 e. The molecule has 3 aromatic carbocycles. The highest BCUT2D eigenvalue weighted by Gasteiger charge is 2.16. The second-order valence-corrected chi connectivity index (χ2v) is 10.2. The van der Waals surface area contributed by atoms with Crippen LogP contribution in [0.25, 0.3) is 5.69 Å².